The molecule has 0 unspecified atom stereocenters. The largest absolute Gasteiger partial charge is 0.355 e. The van der Waals surface area contributed by atoms with E-state index in [-0.39, 0.29) is 0 Å². The van der Waals surface area contributed by atoms with E-state index in [9.17, 15) is 0 Å². The van der Waals surface area contributed by atoms with Gasteiger partial charge in [0, 0.05) is 19.2 Å². The minimum absolute atomic E-state index is 0.299. The number of aryl methyl sites for hydroxylation is 1. The molecule has 0 fully saturated rings. The first-order valence-electron chi connectivity index (χ1n) is 5.94. The minimum atomic E-state index is 0.299. The van der Waals surface area contributed by atoms with Crippen LogP contribution in [-0.4, -0.2) is 17.0 Å². The van der Waals surface area contributed by atoms with E-state index in [1.807, 2.05) is 24.1 Å². The number of rotatable bonds is 4. The molecule has 5 heteroatoms. The fourth-order valence-electron chi connectivity index (χ4n) is 1.94. The maximum absolute atomic E-state index is 6.05. The molecule has 0 atom stereocenters. The van der Waals surface area contributed by atoms with Gasteiger partial charge in [0.2, 0.25) is 0 Å². The molecule has 2 aromatic rings. The van der Waals surface area contributed by atoms with Gasteiger partial charge in [0.05, 0.1) is 5.88 Å². The first-order valence-corrected chi connectivity index (χ1v) is 6.85. The van der Waals surface area contributed by atoms with Crippen molar-refractivity contribution in [1.29, 1.82) is 0 Å². The van der Waals surface area contributed by atoms with Gasteiger partial charge in [-0.05, 0) is 18.1 Å². The lowest BCUT2D eigenvalue weighted by molar-refractivity contribution is 0.874. The fraction of sp³-hybridized carbons (Fsp3) is 0.286. The summed E-state index contributed by atoms with van der Waals surface area (Å²) in [5.41, 5.74) is 3.27. The van der Waals surface area contributed by atoms with E-state index in [2.05, 4.69) is 29.0 Å². The van der Waals surface area contributed by atoms with E-state index in [0.29, 0.717) is 11.0 Å². The molecule has 0 N–H and O–H groups in total. The Hall–Kier alpha value is -1.32. The fourth-order valence-corrected chi connectivity index (χ4v) is 2.45. The lowest BCUT2D eigenvalue weighted by atomic mass is 10.1. The molecule has 0 aliphatic heterocycles. The van der Waals surface area contributed by atoms with E-state index >= 15 is 0 Å². The lowest BCUT2D eigenvalue weighted by Gasteiger charge is -2.21. The maximum atomic E-state index is 6.05. The van der Waals surface area contributed by atoms with Gasteiger partial charge in [-0.3, -0.25) is 0 Å². The third kappa shape index (κ3) is 3.17. The Kier molecular flexibility index (Phi) is 4.61. The molecule has 0 radical (unpaired) electrons. The van der Waals surface area contributed by atoms with Crippen molar-refractivity contribution < 1.29 is 0 Å². The third-order valence-electron chi connectivity index (χ3n) is 3.03. The number of halogens is 2. The quantitative estimate of drug-likeness (QED) is 0.634. The van der Waals surface area contributed by atoms with Crippen LogP contribution in [-0.2, 0) is 12.4 Å². The van der Waals surface area contributed by atoms with Crippen LogP contribution < -0.4 is 4.90 Å². The van der Waals surface area contributed by atoms with Gasteiger partial charge in [-0.15, -0.1) is 11.6 Å². The third-order valence-corrected chi connectivity index (χ3v) is 3.63. The summed E-state index contributed by atoms with van der Waals surface area (Å²) in [6.07, 6.45) is 1.46. The standard InChI is InChI=1S/C14H15Cl2N3/c1-10-5-3-4-6-11(10)8-19(2)14-12(7-15)13(16)17-9-18-14/h3-6,9H,7-8H2,1-2H3. The molecule has 0 aliphatic carbocycles. The number of nitrogens with zero attached hydrogens (tertiary/aromatic N) is 3. The Morgan fingerprint density at radius 2 is 1.95 bits per heavy atom. The average Bonchev–Trinajstić information content (AvgIpc) is 2.41. The van der Waals surface area contributed by atoms with Gasteiger partial charge >= 0.3 is 0 Å². The molecule has 1 heterocycles. The van der Waals surface area contributed by atoms with Crippen molar-refractivity contribution in [2.24, 2.45) is 0 Å². The SMILES string of the molecule is Cc1ccccc1CN(C)c1ncnc(Cl)c1CCl. The van der Waals surface area contributed by atoms with Crippen LogP contribution in [0.5, 0.6) is 0 Å². The van der Waals surface area contributed by atoms with E-state index in [0.717, 1.165) is 17.9 Å². The van der Waals surface area contributed by atoms with Crippen molar-refractivity contribution in [1.82, 2.24) is 9.97 Å². The number of aromatic nitrogens is 2. The van der Waals surface area contributed by atoms with Gasteiger partial charge in [0.25, 0.3) is 0 Å². The van der Waals surface area contributed by atoms with E-state index in [1.165, 1.54) is 17.5 Å². The summed E-state index contributed by atoms with van der Waals surface area (Å²) in [6.45, 7) is 2.85. The Morgan fingerprint density at radius 1 is 1.21 bits per heavy atom. The van der Waals surface area contributed by atoms with Gasteiger partial charge in [-0.1, -0.05) is 35.9 Å². The molecule has 100 valence electrons. The number of hydrogen-bond acceptors (Lipinski definition) is 3. The molecule has 1 aromatic heterocycles. The van der Waals surface area contributed by atoms with Crippen molar-refractivity contribution in [3.8, 4) is 0 Å². The minimum Gasteiger partial charge on any atom is -0.355 e. The molecule has 0 saturated heterocycles. The molecule has 19 heavy (non-hydrogen) atoms. The number of hydrogen-bond donors (Lipinski definition) is 0. The second-order valence-corrected chi connectivity index (χ2v) is 5.01. The van der Waals surface area contributed by atoms with Crippen molar-refractivity contribution >= 4 is 29.0 Å². The normalized spacial score (nSPS) is 10.5. The molecule has 1 aromatic carbocycles. The summed E-state index contributed by atoms with van der Waals surface area (Å²) < 4.78 is 0. The number of benzene rings is 1. The van der Waals surface area contributed by atoms with Crippen LogP contribution in [0.1, 0.15) is 16.7 Å². The Balaban J connectivity index is 2.28. The summed E-state index contributed by atoms with van der Waals surface area (Å²) in [5.74, 6) is 1.07. The van der Waals surface area contributed by atoms with Gasteiger partial charge in [0.15, 0.2) is 0 Å². The van der Waals surface area contributed by atoms with Crippen molar-refractivity contribution in [2.75, 3.05) is 11.9 Å². The Bertz CT molecular complexity index is 572. The van der Waals surface area contributed by atoms with E-state index in [4.69, 9.17) is 23.2 Å². The highest BCUT2D eigenvalue weighted by Gasteiger charge is 2.13. The summed E-state index contributed by atoms with van der Waals surface area (Å²) in [6, 6.07) is 8.27. The van der Waals surface area contributed by atoms with Crippen molar-refractivity contribution in [3.05, 3.63) is 52.4 Å². The molecule has 3 nitrogen and oxygen atoms in total. The second-order valence-electron chi connectivity index (χ2n) is 4.38. The first-order chi connectivity index (χ1) is 9.13. The Morgan fingerprint density at radius 3 is 2.63 bits per heavy atom. The highest BCUT2D eigenvalue weighted by Crippen LogP contribution is 2.25. The molecule has 0 spiro atoms. The summed E-state index contributed by atoms with van der Waals surface area (Å²) >= 11 is 12.0. The summed E-state index contributed by atoms with van der Waals surface area (Å²) in [7, 11) is 1.97. The van der Waals surface area contributed by atoms with Crippen LogP contribution in [0, 0.1) is 6.92 Å². The van der Waals surface area contributed by atoms with Crippen LogP contribution in [0.4, 0.5) is 5.82 Å². The average molecular weight is 296 g/mol. The van der Waals surface area contributed by atoms with Crippen LogP contribution in [0.15, 0.2) is 30.6 Å². The Labute approximate surface area is 123 Å². The molecular formula is C14H15Cl2N3. The van der Waals surface area contributed by atoms with Crippen molar-refractivity contribution in [3.63, 3.8) is 0 Å². The van der Waals surface area contributed by atoms with E-state index in [1.54, 1.807) is 0 Å². The van der Waals surface area contributed by atoms with Gasteiger partial charge in [-0.25, -0.2) is 9.97 Å². The molecule has 0 bridgehead atoms. The monoisotopic (exact) mass is 295 g/mol. The molecule has 0 aliphatic rings. The molecule has 0 saturated carbocycles. The summed E-state index contributed by atoms with van der Waals surface area (Å²) in [4.78, 5) is 10.3. The number of alkyl halides is 1. The van der Waals surface area contributed by atoms with E-state index < -0.39 is 0 Å². The van der Waals surface area contributed by atoms with Gasteiger partial charge in [-0.2, -0.15) is 0 Å². The first kappa shape index (κ1) is 14.1. The lowest BCUT2D eigenvalue weighted by Crippen LogP contribution is -2.20. The zero-order valence-corrected chi connectivity index (χ0v) is 12.4. The topological polar surface area (TPSA) is 29.0 Å². The highest BCUT2D eigenvalue weighted by molar-refractivity contribution is 6.31. The zero-order valence-electron chi connectivity index (χ0n) is 10.9. The van der Waals surface area contributed by atoms with Crippen LogP contribution >= 0.6 is 23.2 Å². The molecule has 0 amide bonds. The predicted octanol–water partition coefficient (Wildman–Crippen LogP) is 3.81. The summed E-state index contributed by atoms with van der Waals surface area (Å²) in [5, 5.41) is 0.414. The highest BCUT2D eigenvalue weighted by atomic mass is 35.5. The van der Waals surface area contributed by atoms with Gasteiger partial charge < -0.3 is 4.90 Å². The number of anilines is 1. The molecular weight excluding hydrogens is 281 g/mol. The smallest absolute Gasteiger partial charge is 0.138 e. The molecule has 2 rings (SSSR count). The van der Waals surface area contributed by atoms with Crippen molar-refractivity contribution in [2.45, 2.75) is 19.3 Å². The second kappa shape index (κ2) is 6.22. The van der Waals surface area contributed by atoms with Gasteiger partial charge in [0.1, 0.15) is 17.3 Å². The maximum Gasteiger partial charge on any atom is 0.138 e. The van der Waals surface area contributed by atoms with Crippen LogP contribution in [0.2, 0.25) is 5.15 Å². The predicted molar refractivity (Wildman–Crippen MR) is 79.9 cm³/mol. The van der Waals surface area contributed by atoms with Crippen LogP contribution in [0.25, 0.3) is 0 Å². The van der Waals surface area contributed by atoms with Crippen LogP contribution in [0.3, 0.4) is 0 Å². The zero-order chi connectivity index (χ0) is 13.8.